The molecule has 0 aliphatic heterocycles. The van der Waals surface area contributed by atoms with Crippen molar-refractivity contribution in [1.29, 1.82) is 0 Å². The summed E-state index contributed by atoms with van der Waals surface area (Å²) in [6, 6.07) is 12.9. The van der Waals surface area contributed by atoms with Crippen LogP contribution in [0.15, 0.2) is 42.0 Å². The fraction of sp³-hybridized carbons (Fsp3) is 0.143. The maximum Gasteiger partial charge on any atom is 3.00 e. The van der Waals surface area contributed by atoms with Crippen molar-refractivity contribution in [2.24, 2.45) is 0 Å². The first-order chi connectivity index (χ1) is 6.84. The van der Waals surface area contributed by atoms with Gasteiger partial charge in [-0.25, -0.2) is 0 Å². The molecule has 0 saturated heterocycles. The normalized spacial score (nSPS) is 11.7. The number of benzene rings is 2. The van der Waals surface area contributed by atoms with E-state index in [9.17, 15) is 0 Å². The van der Waals surface area contributed by atoms with Crippen LogP contribution in [0.2, 0.25) is 0 Å². The molecule has 0 N–H and O–H groups in total. The van der Waals surface area contributed by atoms with Crippen LogP contribution in [-0.2, 0) is 28.1 Å². The van der Waals surface area contributed by atoms with Gasteiger partial charge in [-0.05, 0) is 0 Å². The Hall–Kier alpha value is -0.266. The molecule has 0 bridgehead atoms. The molecule has 0 amide bonds. The first kappa shape index (κ1) is 16.7. The van der Waals surface area contributed by atoms with Crippen molar-refractivity contribution in [2.75, 3.05) is 0 Å². The van der Waals surface area contributed by atoms with E-state index in [1.165, 1.54) is 27.5 Å². The second-order valence-electron chi connectivity index (χ2n) is 3.90. The van der Waals surface area contributed by atoms with E-state index in [2.05, 4.69) is 49.4 Å². The smallest absolute Gasteiger partial charge is 1.00 e. The van der Waals surface area contributed by atoms with Crippen molar-refractivity contribution in [2.45, 2.75) is 13.3 Å². The molecule has 2 aromatic rings. The predicted octanol–water partition coefficient (Wildman–Crippen LogP) is -2.50. The number of hydrogen-bond acceptors (Lipinski definition) is 0. The molecule has 1 radical (unpaired) electrons. The van der Waals surface area contributed by atoms with Crippen molar-refractivity contribution >= 4 is 10.8 Å². The summed E-state index contributed by atoms with van der Waals surface area (Å²) in [5, 5.41) is 2.65. The Bertz CT molecular complexity index is 547. The van der Waals surface area contributed by atoms with Crippen LogP contribution in [0.4, 0.5) is 0 Å². The molecule has 0 heterocycles. The number of allylic oxidation sites excluding steroid dienone is 1. The van der Waals surface area contributed by atoms with E-state index < -0.39 is 0 Å². The van der Waals surface area contributed by atoms with E-state index in [0.717, 1.165) is 6.42 Å². The van der Waals surface area contributed by atoms with Crippen LogP contribution in [0, 0.1) is 6.08 Å². The van der Waals surface area contributed by atoms with Crippen molar-refractivity contribution in [1.82, 2.24) is 0 Å². The number of hydrogen-bond donors (Lipinski definition) is 0. The van der Waals surface area contributed by atoms with Crippen molar-refractivity contribution in [3.05, 3.63) is 59.2 Å². The molecule has 0 aromatic heterocycles. The zero-order valence-electron chi connectivity index (χ0n) is 9.43. The molecule has 3 heteroatoms. The molecule has 0 fully saturated rings. The van der Waals surface area contributed by atoms with E-state index in [1.807, 2.05) is 0 Å². The summed E-state index contributed by atoms with van der Waals surface area (Å²) in [4.78, 5) is 0. The van der Waals surface area contributed by atoms with Crippen molar-refractivity contribution in [3.8, 4) is 0 Å². The van der Waals surface area contributed by atoms with E-state index >= 15 is 0 Å². The number of halogens is 2. The fourth-order valence-corrected chi connectivity index (χ4v) is 2.15. The second-order valence-corrected chi connectivity index (χ2v) is 3.90. The third-order valence-corrected chi connectivity index (χ3v) is 2.81. The van der Waals surface area contributed by atoms with E-state index in [0.29, 0.717) is 0 Å². The summed E-state index contributed by atoms with van der Waals surface area (Å²) in [5.74, 6) is 0. The molecule has 0 atom stereocenters. The first-order valence-corrected chi connectivity index (χ1v) is 4.95. The molecule has 0 nitrogen and oxygen atoms in total. The summed E-state index contributed by atoms with van der Waals surface area (Å²) in [6.45, 7) is 2.15. The first-order valence-electron chi connectivity index (χ1n) is 4.95. The second kappa shape index (κ2) is 6.61. The SMILES string of the molecule is CC1=[C-]c2c(ccc3ccccc23)C1.[Cl-].[Cl-].[Ti+3]. The van der Waals surface area contributed by atoms with Crippen molar-refractivity contribution in [3.63, 3.8) is 0 Å². The average Bonchev–Trinajstić information content (AvgIpc) is 2.59. The summed E-state index contributed by atoms with van der Waals surface area (Å²) in [6.07, 6.45) is 4.53. The van der Waals surface area contributed by atoms with E-state index in [4.69, 9.17) is 0 Å². The minimum Gasteiger partial charge on any atom is -1.00 e. The predicted molar refractivity (Wildman–Crippen MR) is 59.2 cm³/mol. The quantitative estimate of drug-likeness (QED) is 0.373. The van der Waals surface area contributed by atoms with E-state index in [-0.39, 0.29) is 46.5 Å². The van der Waals surface area contributed by atoms with Gasteiger partial charge in [0, 0.05) is 0 Å². The van der Waals surface area contributed by atoms with Gasteiger partial charge in [0.05, 0.1) is 0 Å². The Morgan fingerprint density at radius 3 is 2.47 bits per heavy atom. The molecule has 0 spiro atoms. The van der Waals surface area contributed by atoms with Crippen LogP contribution in [0.3, 0.4) is 0 Å². The molecular formula is C14H11Cl2Ti. The summed E-state index contributed by atoms with van der Waals surface area (Å²) in [5.41, 5.74) is 4.07. The van der Waals surface area contributed by atoms with Gasteiger partial charge in [0.25, 0.3) is 0 Å². The Labute approximate surface area is 129 Å². The van der Waals surface area contributed by atoms with Crippen LogP contribution in [-0.4, -0.2) is 0 Å². The molecule has 1 aliphatic rings. The van der Waals surface area contributed by atoms with Crippen LogP contribution in [0.25, 0.3) is 10.8 Å². The molecule has 3 rings (SSSR count). The zero-order chi connectivity index (χ0) is 9.54. The van der Waals surface area contributed by atoms with Crippen LogP contribution < -0.4 is 24.8 Å². The Morgan fingerprint density at radius 1 is 1.00 bits per heavy atom. The van der Waals surface area contributed by atoms with Gasteiger partial charge in [-0.15, -0.1) is 28.7 Å². The van der Waals surface area contributed by atoms with Gasteiger partial charge in [-0.3, -0.25) is 0 Å². The Balaban J connectivity index is 0.000000853. The average molecular weight is 298 g/mol. The van der Waals surface area contributed by atoms with Gasteiger partial charge in [-0.2, -0.15) is 11.6 Å². The van der Waals surface area contributed by atoms with Crippen LogP contribution in [0.5, 0.6) is 0 Å². The van der Waals surface area contributed by atoms with Gasteiger partial charge in [0.1, 0.15) is 0 Å². The van der Waals surface area contributed by atoms with Crippen LogP contribution in [0.1, 0.15) is 18.1 Å². The molecule has 17 heavy (non-hydrogen) atoms. The van der Waals surface area contributed by atoms with Gasteiger partial charge in [0.15, 0.2) is 0 Å². The number of fused-ring (bicyclic) bond motifs is 3. The maximum absolute atomic E-state index is 3.46. The van der Waals surface area contributed by atoms with Gasteiger partial charge < -0.3 is 24.8 Å². The molecule has 85 valence electrons. The number of rotatable bonds is 0. The maximum atomic E-state index is 3.46. The summed E-state index contributed by atoms with van der Waals surface area (Å²) < 4.78 is 0. The minimum atomic E-state index is 0. The Morgan fingerprint density at radius 2 is 1.71 bits per heavy atom. The zero-order valence-corrected chi connectivity index (χ0v) is 12.5. The summed E-state index contributed by atoms with van der Waals surface area (Å²) >= 11 is 0. The summed E-state index contributed by atoms with van der Waals surface area (Å²) in [7, 11) is 0. The van der Waals surface area contributed by atoms with Crippen molar-refractivity contribution < 1.29 is 46.5 Å². The molecule has 2 aromatic carbocycles. The van der Waals surface area contributed by atoms with E-state index in [1.54, 1.807) is 0 Å². The van der Waals surface area contributed by atoms with Gasteiger partial charge in [-0.1, -0.05) is 43.0 Å². The Kier molecular flexibility index (Phi) is 6.51. The topological polar surface area (TPSA) is 0 Å². The molecule has 0 saturated carbocycles. The molecule has 0 unspecified atom stereocenters. The monoisotopic (exact) mass is 297 g/mol. The molecule has 1 aliphatic carbocycles. The fourth-order valence-electron chi connectivity index (χ4n) is 2.15. The van der Waals surface area contributed by atoms with Gasteiger partial charge in [0.2, 0.25) is 0 Å². The third kappa shape index (κ3) is 2.95. The van der Waals surface area contributed by atoms with Gasteiger partial charge >= 0.3 is 21.7 Å². The van der Waals surface area contributed by atoms with Crippen LogP contribution >= 0.6 is 0 Å². The third-order valence-electron chi connectivity index (χ3n) is 2.81. The molecular weight excluding hydrogens is 287 g/mol. The minimum absolute atomic E-state index is 0. The standard InChI is InChI=1S/C14H11.2ClH.Ti/c1-10-8-12-7-6-11-4-2-3-5-13(11)14(12)9-10;;;/h2-7H,8H2,1H3;2*1H;/q-1;;;+3/p-2. The largest absolute Gasteiger partial charge is 3.00 e.